The van der Waals surface area contributed by atoms with Crippen molar-refractivity contribution in [3.8, 4) is 5.75 Å². The molecule has 3 aromatic rings. The highest BCUT2D eigenvalue weighted by Gasteiger charge is 2.29. The van der Waals surface area contributed by atoms with Crippen molar-refractivity contribution in [3.05, 3.63) is 107 Å². The lowest BCUT2D eigenvalue weighted by molar-refractivity contribution is 0.170. The third-order valence-electron chi connectivity index (χ3n) is 6.86. The summed E-state index contributed by atoms with van der Waals surface area (Å²) in [6.07, 6.45) is 3.63. The van der Waals surface area contributed by atoms with Crippen LogP contribution in [-0.4, -0.2) is 35.4 Å². The molecule has 0 radical (unpaired) electrons. The minimum Gasteiger partial charge on any atom is -0.508 e. The quantitative estimate of drug-likeness (QED) is 0.294. The molecular weight excluding hydrogens is 432 g/mol. The lowest BCUT2D eigenvalue weighted by Gasteiger charge is -2.40. The van der Waals surface area contributed by atoms with Crippen molar-refractivity contribution in [2.24, 2.45) is 0 Å². The molecule has 182 valence electrons. The number of aryl methyl sites for hydroxylation is 2. The second kappa shape index (κ2) is 11.2. The van der Waals surface area contributed by atoms with E-state index in [4.69, 9.17) is 5.41 Å². The maximum absolute atomic E-state index is 10.1. The summed E-state index contributed by atoms with van der Waals surface area (Å²) in [5, 5.41) is 25.0. The molecule has 0 aliphatic carbocycles. The van der Waals surface area contributed by atoms with Crippen LogP contribution in [0, 0.1) is 19.3 Å². The Morgan fingerprint density at radius 1 is 1.11 bits per heavy atom. The number of nitrogens with zero attached hydrogens (tertiary/aromatic N) is 1. The fourth-order valence-electron chi connectivity index (χ4n) is 4.83. The highest BCUT2D eigenvalue weighted by Crippen LogP contribution is 2.30. The topological polar surface area (TPSA) is 71.4 Å². The molecule has 0 spiro atoms. The average Bonchev–Trinajstić information content (AvgIpc) is 2.87. The first-order valence-corrected chi connectivity index (χ1v) is 12.3. The zero-order chi connectivity index (χ0) is 24.8. The number of phenols is 1. The van der Waals surface area contributed by atoms with Gasteiger partial charge in [0, 0.05) is 36.7 Å². The molecule has 1 fully saturated rings. The first-order valence-electron chi connectivity index (χ1n) is 12.3. The van der Waals surface area contributed by atoms with Crippen molar-refractivity contribution in [2.45, 2.75) is 45.3 Å². The summed E-state index contributed by atoms with van der Waals surface area (Å²) in [5.41, 5.74) is 7.21. The number of piperidine rings is 1. The standard InChI is InChI=1S/C30H36N4O/c1-21-12-14-27(17-26(21)18-31)33-28-10-7-15-34(20-28)30(25-8-5-4-6-9-25)23(3)32-19-24-13-11-22(2)29(35)16-24/h4-6,8-9,11-14,16-18,28,30-33,35H,3,7,10,15,19-20H2,1-2H3. The molecule has 2 unspecified atom stereocenters. The van der Waals surface area contributed by atoms with E-state index in [2.05, 4.69) is 64.6 Å². The van der Waals surface area contributed by atoms with Gasteiger partial charge in [0.25, 0.3) is 0 Å². The molecular formula is C30H36N4O. The SMILES string of the molecule is C=C(NCc1ccc(C)c(O)c1)C(c1ccccc1)N1CCCC(Nc2ccc(C)c(C=N)c2)C1. The number of nitrogens with one attached hydrogen (secondary N) is 3. The van der Waals surface area contributed by atoms with Crippen LogP contribution in [0.2, 0.25) is 0 Å². The maximum atomic E-state index is 10.1. The molecule has 5 heteroatoms. The fraction of sp³-hybridized carbons (Fsp3) is 0.300. The number of anilines is 1. The van der Waals surface area contributed by atoms with Crippen LogP contribution in [0.3, 0.4) is 0 Å². The van der Waals surface area contributed by atoms with Crippen molar-refractivity contribution >= 4 is 11.9 Å². The third-order valence-corrected chi connectivity index (χ3v) is 6.86. The largest absolute Gasteiger partial charge is 0.508 e. The summed E-state index contributed by atoms with van der Waals surface area (Å²) in [7, 11) is 0. The number of hydrogen-bond acceptors (Lipinski definition) is 5. The van der Waals surface area contributed by atoms with E-state index in [-0.39, 0.29) is 6.04 Å². The lowest BCUT2D eigenvalue weighted by Crippen LogP contribution is -2.45. The van der Waals surface area contributed by atoms with Crippen molar-refractivity contribution < 1.29 is 5.11 Å². The second-order valence-electron chi connectivity index (χ2n) is 9.51. The fourth-order valence-corrected chi connectivity index (χ4v) is 4.83. The summed E-state index contributed by atoms with van der Waals surface area (Å²) in [6.45, 7) is 10.9. The second-order valence-corrected chi connectivity index (χ2v) is 9.51. The maximum Gasteiger partial charge on any atom is 0.118 e. The van der Waals surface area contributed by atoms with Crippen molar-refractivity contribution in [2.75, 3.05) is 18.4 Å². The van der Waals surface area contributed by atoms with Crippen LogP contribution in [0.15, 0.2) is 79.0 Å². The van der Waals surface area contributed by atoms with Gasteiger partial charge in [-0.1, -0.05) is 55.1 Å². The number of rotatable bonds is 9. The molecule has 1 saturated heterocycles. The van der Waals surface area contributed by atoms with E-state index in [9.17, 15) is 5.11 Å². The number of likely N-dealkylation sites (tertiary alicyclic amines) is 1. The van der Waals surface area contributed by atoms with Gasteiger partial charge in [0.2, 0.25) is 0 Å². The molecule has 4 N–H and O–H groups in total. The van der Waals surface area contributed by atoms with Crippen LogP contribution in [0.1, 0.15) is 46.7 Å². The molecule has 1 heterocycles. The van der Waals surface area contributed by atoms with Crippen molar-refractivity contribution in [1.82, 2.24) is 10.2 Å². The zero-order valence-corrected chi connectivity index (χ0v) is 20.7. The molecule has 0 aromatic heterocycles. The van der Waals surface area contributed by atoms with Crippen LogP contribution < -0.4 is 10.6 Å². The predicted molar refractivity (Wildman–Crippen MR) is 145 cm³/mol. The lowest BCUT2D eigenvalue weighted by atomic mass is 9.97. The van der Waals surface area contributed by atoms with E-state index in [0.717, 1.165) is 59.6 Å². The van der Waals surface area contributed by atoms with Gasteiger partial charge >= 0.3 is 0 Å². The molecule has 1 aliphatic heterocycles. The van der Waals surface area contributed by atoms with E-state index in [1.807, 2.05) is 38.1 Å². The molecule has 4 rings (SSSR count). The van der Waals surface area contributed by atoms with Gasteiger partial charge in [0.05, 0.1) is 6.04 Å². The van der Waals surface area contributed by atoms with E-state index >= 15 is 0 Å². The number of benzene rings is 3. The Balaban J connectivity index is 1.49. The molecule has 1 aliphatic rings. The zero-order valence-electron chi connectivity index (χ0n) is 20.7. The van der Waals surface area contributed by atoms with Gasteiger partial charge in [-0.05, 0) is 79.3 Å². The summed E-state index contributed by atoms with van der Waals surface area (Å²) >= 11 is 0. The van der Waals surface area contributed by atoms with Crippen LogP contribution in [0.4, 0.5) is 5.69 Å². The highest BCUT2D eigenvalue weighted by molar-refractivity contribution is 5.81. The average molecular weight is 469 g/mol. The Hall–Kier alpha value is -3.57. The molecule has 0 bridgehead atoms. The van der Waals surface area contributed by atoms with E-state index < -0.39 is 0 Å². The summed E-state index contributed by atoms with van der Waals surface area (Å²) < 4.78 is 0. The Labute approximate surface area is 209 Å². The normalized spacial score (nSPS) is 16.9. The summed E-state index contributed by atoms with van der Waals surface area (Å²) in [5.74, 6) is 0.321. The van der Waals surface area contributed by atoms with Crippen molar-refractivity contribution in [3.63, 3.8) is 0 Å². The van der Waals surface area contributed by atoms with E-state index in [1.54, 1.807) is 0 Å². The third kappa shape index (κ3) is 6.11. The van der Waals surface area contributed by atoms with Gasteiger partial charge in [-0.3, -0.25) is 4.90 Å². The smallest absolute Gasteiger partial charge is 0.118 e. The molecule has 0 saturated carbocycles. The van der Waals surface area contributed by atoms with Crippen LogP contribution >= 0.6 is 0 Å². The van der Waals surface area contributed by atoms with Crippen LogP contribution in [0.5, 0.6) is 5.75 Å². The first-order chi connectivity index (χ1) is 16.9. The highest BCUT2D eigenvalue weighted by atomic mass is 16.3. The Kier molecular flexibility index (Phi) is 7.88. The van der Waals surface area contributed by atoms with Gasteiger partial charge in [-0.2, -0.15) is 0 Å². The monoisotopic (exact) mass is 468 g/mol. The summed E-state index contributed by atoms with van der Waals surface area (Å²) in [4.78, 5) is 2.50. The predicted octanol–water partition coefficient (Wildman–Crippen LogP) is 5.93. The first kappa shape index (κ1) is 24.6. The minimum atomic E-state index is 0.0509. The van der Waals surface area contributed by atoms with Crippen molar-refractivity contribution in [1.29, 1.82) is 5.41 Å². The Morgan fingerprint density at radius 3 is 2.63 bits per heavy atom. The number of phenolic OH excluding ortho intramolecular Hbond substituents is 1. The van der Waals surface area contributed by atoms with Gasteiger partial charge < -0.3 is 21.1 Å². The van der Waals surface area contributed by atoms with Gasteiger partial charge in [0.1, 0.15) is 5.75 Å². The van der Waals surface area contributed by atoms with Gasteiger partial charge in [-0.25, -0.2) is 0 Å². The number of hydrogen-bond donors (Lipinski definition) is 4. The minimum absolute atomic E-state index is 0.0509. The van der Waals surface area contributed by atoms with Crippen LogP contribution in [-0.2, 0) is 6.54 Å². The van der Waals surface area contributed by atoms with E-state index in [1.165, 1.54) is 11.8 Å². The molecule has 0 amide bonds. The molecule has 5 nitrogen and oxygen atoms in total. The Bertz CT molecular complexity index is 1170. The molecule has 2 atom stereocenters. The molecule has 3 aromatic carbocycles. The number of aromatic hydroxyl groups is 1. The van der Waals surface area contributed by atoms with Crippen LogP contribution in [0.25, 0.3) is 0 Å². The van der Waals surface area contributed by atoms with E-state index in [0.29, 0.717) is 18.3 Å². The van der Waals surface area contributed by atoms with Gasteiger partial charge in [-0.15, -0.1) is 0 Å². The Morgan fingerprint density at radius 2 is 1.89 bits per heavy atom. The van der Waals surface area contributed by atoms with Gasteiger partial charge in [0.15, 0.2) is 0 Å². The summed E-state index contributed by atoms with van der Waals surface area (Å²) in [6, 6.07) is 23.0. The molecule has 35 heavy (non-hydrogen) atoms.